The fourth-order valence-corrected chi connectivity index (χ4v) is 2.29. The maximum absolute atomic E-state index is 12.3. The third kappa shape index (κ3) is 3.79. The number of carbonyl (C=O) groups is 2. The van der Waals surface area contributed by atoms with Gasteiger partial charge in [-0.2, -0.15) is 9.90 Å². The van der Waals surface area contributed by atoms with Gasteiger partial charge in [-0.15, -0.1) is 5.10 Å². The van der Waals surface area contributed by atoms with Crippen molar-refractivity contribution in [2.45, 2.75) is 40.7 Å². The Kier molecular flexibility index (Phi) is 5.33. The molecule has 0 bridgehead atoms. The maximum Gasteiger partial charge on any atom is 0.361 e. The van der Waals surface area contributed by atoms with Crippen molar-refractivity contribution in [1.29, 1.82) is 0 Å². The van der Waals surface area contributed by atoms with E-state index < -0.39 is 12.1 Å². The number of likely N-dealkylation sites (N-methyl/N-ethyl adjacent to an activating group) is 1. The lowest BCUT2D eigenvalue weighted by molar-refractivity contribution is -0.128. The van der Waals surface area contributed by atoms with Crippen molar-refractivity contribution in [2.75, 3.05) is 6.54 Å². The van der Waals surface area contributed by atoms with Crippen LogP contribution in [0.4, 0.5) is 0 Å². The summed E-state index contributed by atoms with van der Waals surface area (Å²) in [4.78, 5) is 25.3. The van der Waals surface area contributed by atoms with E-state index in [0.29, 0.717) is 12.2 Å². The van der Waals surface area contributed by atoms with Gasteiger partial charge >= 0.3 is 5.97 Å². The van der Waals surface area contributed by atoms with Crippen molar-refractivity contribution < 1.29 is 14.3 Å². The molecule has 0 saturated carbocycles. The summed E-state index contributed by atoms with van der Waals surface area (Å²) in [7, 11) is 0. The van der Waals surface area contributed by atoms with Crippen molar-refractivity contribution in [2.24, 2.45) is 0 Å². The topological polar surface area (TPSA) is 86.1 Å². The molecular formula is C17H22N4O3. The predicted molar refractivity (Wildman–Crippen MR) is 89.1 cm³/mol. The largest absolute Gasteiger partial charge is 0.448 e. The first-order chi connectivity index (χ1) is 11.3. The highest BCUT2D eigenvalue weighted by Gasteiger charge is 2.23. The van der Waals surface area contributed by atoms with Crippen LogP contribution in [0.3, 0.4) is 0 Å². The Morgan fingerprint density at radius 2 is 1.96 bits per heavy atom. The van der Waals surface area contributed by atoms with E-state index in [2.05, 4.69) is 15.5 Å². The number of amides is 1. The molecule has 1 atom stereocenters. The Balaban J connectivity index is 2.22. The van der Waals surface area contributed by atoms with Gasteiger partial charge in [0.15, 0.2) is 11.8 Å². The standard InChI is InChI=1S/C17H22N4O3/c1-6-18-16(22)13(5)24-17(23)15-12(4)19-21(20-15)14-8-7-10(2)9-11(14)3/h7-9,13H,6H2,1-5H3,(H,18,22)/t13-/m1/s1. The van der Waals surface area contributed by atoms with E-state index in [1.165, 1.54) is 11.7 Å². The highest BCUT2D eigenvalue weighted by molar-refractivity contribution is 5.91. The second-order valence-corrected chi connectivity index (χ2v) is 5.66. The van der Waals surface area contributed by atoms with Crippen LogP contribution in [0, 0.1) is 20.8 Å². The van der Waals surface area contributed by atoms with Gasteiger partial charge in [0.25, 0.3) is 5.91 Å². The molecule has 128 valence electrons. The minimum atomic E-state index is -0.886. The van der Waals surface area contributed by atoms with Gasteiger partial charge in [0.05, 0.1) is 11.4 Å². The smallest absolute Gasteiger partial charge is 0.361 e. The monoisotopic (exact) mass is 330 g/mol. The molecular weight excluding hydrogens is 308 g/mol. The Hall–Kier alpha value is -2.70. The number of ether oxygens (including phenoxy) is 1. The number of hydrogen-bond acceptors (Lipinski definition) is 5. The number of aryl methyl sites for hydroxylation is 3. The van der Waals surface area contributed by atoms with E-state index in [9.17, 15) is 9.59 Å². The number of nitrogens with zero attached hydrogens (tertiary/aromatic N) is 3. The molecule has 2 aromatic rings. The second-order valence-electron chi connectivity index (χ2n) is 5.66. The molecule has 0 aliphatic heterocycles. The Morgan fingerprint density at radius 1 is 1.25 bits per heavy atom. The van der Waals surface area contributed by atoms with E-state index in [1.807, 2.05) is 32.0 Å². The summed E-state index contributed by atoms with van der Waals surface area (Å²) in [5.41, 5.74) is 3.48. The quantitative estimate of drug-likeness (QED) is 0.846. The summed E-state index contributed by atoms with van der Waals surface area (Å²) >= 11 is 0. The Morgan fingerprint density at radius 3 is 2.58 bits per heavy atom. The van der Waals surface area contributed by atoms with Gasteiger partial charge < -0.3 is 10.1 Å². The van der Waals surface area contributed by atoms with Crippen molar-refractivity contribution in [1.82, 2.24) is 20.3 Å². The van der Waals surface area contributed by atoms with Gasteiger partial charge in [-0.05, 0) is 46.2 Å². The molecule has 0 unspecified atom stereocenters. The number of hydrogen-bond donors (Lipinski definition) is 1. The molecule has 1 heterocycles. The molecule has 1 amide bonds. The minimum absolute atomic E-state index is 0.103. The van der Waals surface area contributed by atoms with Gasteiger partial charge in [0.2, 0.25) is 0 Å². The van der Waals surface area contributed by atoms with Crippen LogP contribution in [-0.2, 0) is 9.53 Å². The van der Waals surface area contributed by atoms with Crippen molar-refractivity contribution in [3.8, 4) is 5.69 Å². The molecule has 0 spiro atoms. The van der Waals surface area contributed by atoms with Crippen molar-refractivity contribution in [3.05, 3.63) is 40.7 Å². The molecule has 2 rings (SSSR count). The highest BCUT2D eigenvalue weighted by Crippen LogP contribution is 2.16. The van der Waals surface area contributed by atoms with Crippen molar-refractivity contribution >= 4 is 11.9 Å². The molecule has 1 N–H and O–H groups in total. The molecule has 7 nitrogen and oxygen atoms in total. The molecule has 1 aromatic heterocycles. The zero-order chi connectivity index (χ0) is 17.9. The average Bonchev–Trinajstić information content (AvgIpc) is 2.89. The highest BCUT2D eigenvalue weighted by atomic mass is 16.5. The second kappa shape index (κ2) is 7.25. The van der Waals surface area contributed by atoms with Crippen LogP contribution in [-0.4, -0.2) is 39.5 Å². The summed E-state index contributed by atoms with van der Waals surface area (Å²) in [6.07, 6.45) is -0.886. The van der Waals surface area contributed by atoms with Gasteiger partial charge in [-0.1, -0.05) is 17.7 Å². The zero-order valence-corrected chi connectivity index (χ0v) is 14.6. The number of carbonyl (C=O) groups excluding carboxylic acids is 2. The third-order valence-corrected chi connectivity index (χ3v) is 3.55. The van der Waals surface area contributed by atoms with Crippen LogP contribution < -0.4 is 5.32 Å². The lowest BCUT2D eigenvalue weighted by atomic mass is 10.1. The van der Waals surface area contributed by atoms with Crippen LogP contribution >= 0.6 is 0 Å². The summed E-state index contributed by atoms with van der Waals surface area (Å²) in [5.74, 6) is -1.01. The first kappa shape index (κ1) is 17.7. The SMILES string of the molecule is CCNC(=O)[C@@H](C)OC(=O)c1nn(-c2ccc(C)cc2C)nc1C. The van der Waals surface area contributed by atoms with Gasteiger partial charge in [0, 0.05) is 6.54 Å². The van der Waals surface area contributed by atoms with E-state index in [-0.39, 0.29) is 11.6 Å². The Bertz CT molecular complexity index is 767. The minimum Gasteiger partial charge on any atom is -0.448 e. The summed E-state index contributed by atoms with van der Waals surface area (Å²) in [6, 6.07) is 5.87. The van der Waals surface area contributed by atoms with Crippen molar-refractivity contribution in [3.63, 3.8) is 0 Å². The van der Waals surface area contributed by atoms with Crippen LogP contribution in [0.2, 0.25) is 0 Å². The molecule has 24 heavy (non-hydrogen) atoms. The predicted octanol–water partition coefficient (Wildman–Crippen LogP) is 1.87. The average molecular weight is 330 g/mol. The summed E-state index contributed by atoms with van der Waals surface area (Å²) in [5, 5.41) is 11.1. The molecule has 1 aromatic carbocycles. The molecule has 0 aliphatic carbocycles. The number of nitrogens with one attached hydrogen (secondary N) is 1. The zero-order valence-electron chi connectivity index (χ0n) is 14.6. The fourth-order valence-electron chi connectivity index (χ4n) is 2.29. The van der Waals surface area contributed by atoms with Gasteiger partial charge in [-0.25, -0.2) is 4.79 Å². The normalized spacial score (nSPS) is 11.9. The molecule has 7 heteroatoms. The summed E-state index contributed by atoms with van der Waals surface area (Å²) < 4.78 is 5.16. The molecule has 0 fully saturated rings. The fraction of sp³-hybridized carbons (Fsp3) is 0.412. The van der Waals surface area contributed by atoms with Crippen LogP contribution in [0.5, 0.6) is 0 Å². The van der Waals surface area contributed by atoms with Crippen LogP contribution in [0.15, 0.2) is 18.2 Å². The lowest BCUT2D eigenvalue weighted by Gasteiger charge is -2.11. The number of rotatable bonds is 5. The lowest BCUT2D eigenvalue weighted by Crippen LogP contribution is -2.35. The Labute approximate surface area is 141 Å². The van der Waals surface area contributed by atoms with Gasteiger partial charge in [0.1, 0.15) is 0 Å². The first-order valence-corrected chi connectivity index (χ1v) is 7.83. The van der Waals surface area contributed by atoms with E-state index in [4.69, 9.17) is 4.74 Å². The maximum atomic E-state index is 12.3. The first-order valence-electron chi connectivity index (χ1n) is 7.83. The van der Waals surface area contributed by atoms with E-state index in [0.717, 1.165) is 16.8 Å². The number of aromatic nitrogens is 3. The number of esters is 1. The molecule has 0 radical (unpaired) electrons. The van der Waals surface area contributed by atoms with E-state index in [1.54, 1.807) is 13.8 Å². The molecule has 0 aliphatic rings. The summed E-state index contributed by atoms with van der Waals surface area (Å²) in [6.45, 7) is 9.43. The van der Waals surface area contributed by atoms with Crippen LogP contribution in [0.25, 0.3) is 5.69 Å². The van der Waals surface area contributed by atoms with E-state index >= 15 is 0 Å². The molecule has 0 saturated heterocycles. The van der Waals surface area contributed by atoms with Crippen LogP contribution in [0.1, 0.15) is 41.2 Å². The van der Waals surface area contributed by atoms with Gasteiger partial charge in [-0.3, -0.25) is 4.79 Å². The number of benzene rings is 1. The third-order valence-electron chi connectivity index (χ3n) is 3.55.